The monoisotopic (exact) mass is 395 g/mol. The van der Waals surface area contributed by atoms with Crippen molar-refractivity contribution in [2.75, 3.05) is 18.0 Å². The predicted octanol–water partition coefficient (Wildman–Crippen LogP) is 3.18. The van der Waals surface area contributed by atoms with E-state index in [2.05, 4.69) is 20.0 Å². The molecule has 3 aromatic heterocycles. The van der Waals surface area contributed by atoms with E-state index < -0.39 is 17.4 Å². The van der Waals surface area contributed by atoms with Gasteiger partial charge in [0.15, 0.2) is 5.69 Å². The van der Waals surface area contributed by atoms with Gasteiger partial charge < -0.3 is 4.90 Å². The number of piperidine rings is 1. The largest absolute Gasteiger partial charge is 0.435 e. The summed E-state index contributed by atoms with van der Waals surface area (Å²) in [7, 11) is 0. The molecule has 142 valence electrons. The Morgan fingerprint density at radius 3 is 2.67 bits per heavy atom. The molecule has 0 spiro atoms. The number of nitrogens with zero attached hydrogens (tertiary/aromatic N) is 5. The minimum atomic E-state index is -4.56. The predicted molar refractivity (Wildman–Crippen MR) is 95.9 cm³/mol. The highest BCUT2D eigenvalue weighted by Crippen LogP contribution is 2.31. The SMILES string of the molecule is O=c1ccc(C(F)(F)F)nn1CC1CCN(c2ncnc3ccsc23)CC1. The number of alkyl halides is 3. The van der Waals surface area contributed by atoms with Crippen LogP contribution in [0.1, 0.15) is 18.5 Å². The van der Waals surface area contributed by atoms with Crippen molar-refractivity contribution in [1.82, 2.24) is 19.7 Å². The fourth-order valence-corrected chi connectivity index (χ4v) is 4.17. The molecule has 0 aromatic carbocycles. The van der Waals surface area contributed by atoms with Crippen LogP contribution in [0.5, 0.6) is 0 Å². The van der Waals surface area contributed by atoms with Gasteiger partial charge in [-0.25, -0.2) is 14.6 Å². The molecule has 0 radical (unpaired) electrons. The number of fused-ring (bicyclic) bond motifs is 1. The Morgan fingerprint density at radius 2 is 1.93 bits per heavy atom. The lowest BCUT2D eigenvalue weighted by atomic mass is 9.97. The van der Waals surface area contributed by atoms with Crippen molar-refractivity contribution < 1.29 is 13.2 Å². The third-order valence-corrected chi connectivity index (χ3v) is 5.63. The Morgan fingerprint density at radius 1 is 1.15 bits per heavy atom. The Hall–Kier alpha value is -2.49. The van der Waals surface area contributed by atoms with Crippen molar-refractivity contribution in [3.63, 3.8) is 0 Å². The Bertz CT molecular complexity index is 1010. The molecule has 10 heteroatoms. The molecule has 1 fully saturated rings. The Kier molecular flexibility index (Phi) is 4.58. The molecule has 1 aliphatic heterocycles. The van der Waals surface area contributed by atoms with E-state index in [1.807, 2.05) is 11.4 Å². The van der Waals surface area contributed by atoms with Crippen LogP contribution in [-0.4, -0.2) is 32.8 Å². The summed E-state index contributed by atoms with van der Waals surface area (Å²) >= 11 is 1.59. The van der Waals surface area contributed by atoms with Gasteiger partial charge in [-0.1, -0.05) is 0 Å². The van der Waals surface area contributed by atoms with Gasteiger partial charge in [0.1, 0.15) is 12.1 Å². The molecule has 0 atom stereocenters. The van der Waals surface area contributed by atoms with E-state index in [0.717, 1.165) is 58.8 Å². The molecule has 0 N–H and O–H groups in total. The van der Waals surface area contributed by atoms with Gasteiger partial charge in [0.2, 0.25) is 0 Å². The first kappa shape index (κ1) is 17.9. The van der Waals surface area contributed by atoms with Crippen LogP contribution in [0.25, 0.3) is 10.2 Å². The van der Waals surface area contributed by atoms with Crippen molar-refractivity contribution in [3.8, 4) is 0 Å². The first-order chi connectivity index (χ1) is 12.9. The quantitative estimate of drug-likeness (QED) is 0.682. The second-order valence-corrected chi connectivity index (χ2v) is 7.42. The van der Waals surface area contributed by atoms with Crippen LogP contribution in [0, 0.1) is 5.92 Å². The summed E-state index contributed by atoms with van der Waals surface area (Å²) in [5, 5.41) is 5.47. The van der Waals surface area contributed by atoms with Gasteiger partial charge in [-0.05, 0) is 36.3 Å². The average Bonchev–Trinajstić information content (AvgIpc) is 3.12. The first-order valence-electron chi connectivity index (χ1n) is 8.50. The highest BCUT2D eigenvalue weighted by Gasteiger charge is 2.33. The lowest BCUT2D eigenvalue weighted by Gasteiger charge is -2.33. The third kappa shape index (κ3) is 3.66. The van der Waals surface area contributed by atoms with E-state index >= 15 is 0 Å². The van der Waals surface area contributed by atoms with Crippen LogP contribution >= 0.6 is 11.3 Å². The van der Waals surface area contributed by atoms with Crippen molar-refractivity contribution in [2.45, 2.75) is 25.6 Å². The molecular weight excluding hydrogens is 379 g/mol. The molecule has 0 unspecified atom stereocenters. The Labute approximate surface area is 156 Å². The fourth-order valence-electron chi connectivity index (χ4n) is 3.30. The lowest BCUT2D eigenvalue weighted by Crippen LogP contribution is -2.37. The van der Waals surface area contributed by atoms with Gasteiger partial charge in [-0.3, -0.25) is 4.79 Å². The average molecular weight is 395 g/mol. The minimum absolute atomic E-state index is 0.0931. The van der Waals surface area contributed by atoms with Crippen LogP contribution in [0.4, 0.5) is 19.0 Å². The van der Waals surface area contributed by atoms with Crippen molar-refractivity contribution in [2.24, 2.45) is 5.92 Å². The van der Waals surface area contributed by atoms with Crippen molar-refractivity contribution >= 4 is 27.4 Å². The summed E-state index contributed by atoms with van der Waals surface area (Å²) in [6, 6.07) is 3.60. The van der Waals surface area contributed by atoms with Gasteiger partial charge in [0, 0.05) is 25.7 Å². The van der Waals surface area contributed by atoms with Gasteiger partial charge >= 0.3 is 6.18 Å². The molecule has 0 amide bonds. The number of rotatable bonds is 3. The molecule has 4 heterocycles. The van der Waals surface area contributed by atoms with Crippen LogP contribution in [-0.2, 0) is 12.7 Å². The smallest absolute Gasteiger partial charge is 0.355 e. The summed E-state index contributed by atoms with van der Waals surface area (Å²) in [4.78, 5) is 22.7. The molecule has 0 aliphatic carbocycles. The fraction of sp³-hybridized carbons (Fsp3) is 0.412. The number of aromatic nitrogens is 4. The maximum atomic E-state index is 12.8. The minimum Gasteiger partial charge on any atom is -0.355 e. The number of hydrogen-bond acceptors (Lipinski definition) is 6. The normalized spacial score (nSPS) is 16.2. The number of anilines is 1. The molecular formula is C17H16F3N5OS. The van der Waals surface area contributed by atoms with Gasteiger partial charge in [0.25, 0.3) is 5.56 Å². The number of thiophene rings is 1. The van der Waals surface area contributed by atoms with E-state index in [9.17, 15) is 18.0 Å². The molecule has 4 rings (SSSR count). The number of halogens is 3. The molecule has 3 aromatic rings. The lowest BCUT2D eigenvalue weighted by molar-refractivity contribution is -0.142. The summed E-state index contributed by atoms with van der Waals surface area (Å²) in [5.41, 5.74) is -0.644. The zero-order chi connectivity index (χ0) is 19.0. The molecule has 1 saturated heterocycles. The van der Waals surface area contributed by atoms with Crippen molar-refractivity contribution in [3.05, 3.63) is 46.0 Å². The van der Waals surface area contributed by atoms with Crippen molar-refractivity contribution in [1.29, 1.82) is 0 Å². The topological polar surface area (TPSA) is 63.9 Å². The van der Waals surface area contributed by atoms with E-state index in [-0.39, 0.29) is 12.5 Å². The third-order valence-electron chi connectivity index (χ3n) is 4.73. The van der Waals surface area contributed by atoms with Gasteiger partial charge in [-0.15, -0.1) is 11.3 Å². The standard InChI is InChI=1S/C17H16F3N5OS/c18-17(19,20)13-1-2-14(26)25(23-13)9-11-3-6-24(7-4-11)16-15-12(5-8-27-15)21-10-22-16/h1-2,5,8,10-11H,3-4,6-7,9H2. The summed E-state index contributed by atoms with van der Waals surface area (Å²) in [5.74, 6) is 0.985. The van der Waals surface area contributed by atoms with Crippen LogP contribution in [0.2, 0.25) is 0 Å². The van der Waals surface area contributed by atoms with Crippen LogP contribution in [0.15, 0.2) is 34.7 Å². The molecule has 0 bridgehead atoms. The van der Waals surface area contributed by atoms with E-state index in [1.54, 1.807) is 17.7 Å². The Balaban J connectivity index is 1.46. The maximum absolute atomic E-state index is 12.8. The first-order valence-corrected chi connectivity index (χ1v) is 9.38. The second-order valence-electron chi connectivity index (χ2n) is 6.50. The van der Waals surface area contributed by atoms with Crippen LogP contribution in [0.3, 0.4) is 0 Å². The van der Waals surface area contributed by atoms with Gasteiger partial charge in [0.05, 0.1) is 10.2 Å². The highest BCUT2D eigenvalue weighted by atomic mass is 32.1. The highest BCUT2D eigenvalue weighted by molar-refractivity contribution is 7.17. The van der Waals surface area contributed by atoms with Crippen LogP contribution < -0.4 is 10.5 Å². The molecule has 0 saturated carbocycles. The second kappa shape index (κ2) is 6.91. The van der Waals surface area contributed by atoms with Gasteiger partial charge in [-0.2, -0.15) is 18.3 Å². The summed E-state index contributed by atoms with van der Waals surface area (Å²) in [6.45, 7) is 1.64. The molecule has 27 heavy (non-hydrogen) atoms. The maximum Gasteiger partial charge on any atom is 0.435 e. The number of hydrogen-bond donors (Lipinski definition) is 0. The zero-order valence-corrected chi connectivity index (χ0v) is 15.0. The summed E-state index contributed by atoms with van der Waals surface area (Å²) in [6.07, 6.45) is -1.51. The summed E-state index contributed by atoms with van der Waals surface area (Å²) < 4.78 is 40.4. The molecule has 1 aliphatic rings. The zero-order valence-electron chi connectivity index (χ0n) is 14.2. The van der Waals surface area contributed by atoms with E-state index in [4.69, 9.17) is 0 Å². The van der Waals surface area contributed by atoms with E-state index in [1.165, 1.54) is 0 Å². The van der Waals surface area contributed by atoms with E-state index in [0.29, 0.717) is 0 Å². The molecule has 6 nitrogen and oxygen atoms in total.